The lowest BCUT2D eigenvalue weighted by atomic mass is 9.71. The van der Waals surface area contributed by atoms with Gasteiger partial charge < -0.3 is 9.64 Å². The Morgan fingerprint density at radius 1 is 0.833 bits per heavy atom. The minimum atomic E-state index is -0.226. The van der Waals surface area contributed by atoms with Crippen LogP contribution in [-0.4, -0.2) is 55.2 Å². The van der Waals surface area contributed by atoms with Gasteiger partial charge in [-0.05, 0) is 53.7 Å². The van der Waals surface area contributed by atoms with Crippen molar-refractivity contribution >= 4 is 0 Å². The molecule has 0 radical (unpaired) electrons. The van der Waals surface area contributed by atoms with Crippen LogP contribution in [0.2, 0.25) is 0 Å². The molecule has 1 aromatic carbocycles. The zero-order valence-electron chi connectivity index (χ0n) is 22.4. The van der Waals surface area contributed by atoms with E-state index in [1.54, 1.807) is 0 Å². The topological polar surface area (TPSA) is 15.7 Å². The van der Waals surface area contributed by atoms with Gasteiger partial charge in [-0.1, -0.05) is 71.4 Å². The minimum absolute atomic E-state index is 0.225. The van der Waals surface area contributed by atoms with Crippen molar-refractivity contribution in [3.05, 3.63) is 35.4 Å². The molecule has 3 nitrogen and oxygen atoms in total. The van der Waals surface area contributed by atoms with Gasteiger partial charge in [-0.25, -0.2) is 0 Å². The van der Waals surface area contributed by atoms with Crippen LogP contribution in [0.25, 0.3) is 0 Å². The van der Waals surface area contributed by atoms with Crippen LogP contribution in [0.5, 0.6) is 0 Å². The highest BCUT2D eigenvalue weighted by atomic mass is 16.5. The highest BCUT2D eigenvalue weighted by molar-refractivity contribution is 5.25. The van der Waals surface area contributed by atoms with Crippen LogP contribution in [0.4, 0.5) is 0 Å². The summed E-state index contributed by atoms with van der Waals surface area (Å²) in [4.78, 5) is 5.07. The van der Waals surface area contributed by atoms with E-state index in [1.807, 2.05) is 41.5 Å². The number of likely N-dealkylation sites (tertiary alicyclic amines) is 2. The predicted octanol–water partition coefficient (Wildman–Crippen LogP) is 6.74. The first kappa shape index (κ1) is 29.1. The summed E-state index contributed by atoms with van der Waals surface area (Å²) in [6, 6.07) is 8.71. The molecule has 2 saturated heterocycles. The Morgan fingerprint density at radius 3 is 1.73 bits per heavy atom. The number of nitrogens with zero attached hydrogens (tertiary/aromatic N) is 2. The normalized spacial score (nSPS) is 17.9. The zero-order chi connectivity index (χ0) is 23.6. The maximum atomic E-state index is 6.28. The quantitative estimate of drug-likeness (QED) is 0.507. The summed E-state index contributed by atoms with van der Waals surface area (Å²) in [5, 5.41) is 0. The highest BCUT2D eigenvalue weighted by Crippen LogP contribution is 2.43. The van der Waals surface area contributed by atoms with Crippen LogP contribution < -0.4 is 0 Å². The Hall–Kier alpha value is -0.900. The van der Waals surface area contributed by atoms with E-state index in [2.05, 4.69) is 75.7 Å². The van der Waals surface area contributed by atoms with Gasteiger partial charge in [0.2, 0.25) is 0 Å². The molecule has 0 unspecified atom stereocenters. The highest BCUT2D eigenvalue weighted by Gasteiger charge is 2.53. The van der Waals surface area contributed by atoms with Crippen LogP contribution in [0.3, 0.4) is 0 Å². The second kappa shape index (κ2) is 12.8. The third-order valence-electron chi connectivity index (χ3n) is 6.04. The average molecular weight is 421 g/mol. The van der Waals surface area contributed by atoms with E-state index in [9.17, 15) is 0 Å². The summed E-state index contributed by atoms with van der Waals surface area (Å²) in [5.74, 6) is 0. The van der Waals surface area contributed by atoms with Crippen molar-refractivity contribution < 1.29 is 4.74 Å². The lowest BCUT2D eigenvalue weighted by molar-refractivity contribution is -0.147. The zero-order valence-corrected chi connectivity index (χ0v) is 22.4. The molecule has 2 aliphatic rings. The van der Waals surface area contributed by atoms with Crippen LogP contribution in [0.1, 0.15) is 86.8 Å². The fraction of sp³-hybridized carbons (Fsp3) is 0.778. The molecule has 0 bridgehead atoms. The minimum Gasteiger partial charge on any atom is -0.371 e. The van der Waals surface area contributed by atoms with E-state index < -0.39 is 0 Å². The lowest BCUT2D eigenvalue weighted by Gasteiger charge is -2.63. The number of rotatable bonds is 6. The second-order valence-electron chi connectivity index (χ2n) is 9.32. The van der Waals surface area contributed by atoms with E-state index in [0.717, 1.165) is 13.0 Å². The van der Waals surface area contributed by atoms with Crippen molar-refractivity contribution in [2.45, 2.75) is 93.7 Å². The predicted molar refractivity (Wildman–Crippen MR) is 134 cm³/mol. The summed E-state index contributed by atoms with van der Waals surface area (Å²) < 4.78 is 6.28. The van der Waals surface area contributed by atoms with Crippen LogP contribution in [-0.2, 0) is 10.3 Å². The molecular weight excluding hydrogens is 368 g/mol. The fourth-order valence-corrected chi connectivity index (χ4v) is 4.24. The maximum absolute atomic E-state index is 6.28. The summed E-state index contributed by atoms with van der Waals surface area (Å²) in [7, 11) is 2.22. The number of aryl methyl sites for hydroxylation is 1. The van der Waals surface area contributed by atoms with Crippen molar-refractivity contribution in [3.63, 3.8) is 0 Å². The molecule has 0 aliphatic carbocycles. The standard InChI is InChI=1S/C21H34N2O.3C2H6/c1-17-7-9-18(10-8-17)20(4,5)24-12-11-19(2,3)23-15-21(16-23)13-22(6)14-21;3*1-2/h7-10H,11-16H2,1-6H3;3*1-2H3. The van der Waals surface area contributed by atoms with Gasteiger partial charge in [0.05, 0.1) is 5.60 Å². The Labute approximate surface area is 189 Å². The third kappa shape index (κ3) is 7.66. The summed E-state index contributed by atoms with van der Waals surface area (Å²) in [5.41, 5.74) is 3.16. The molecule has 1 spiro atoms. The largest absolute Gasteiger partial charge is 0.371 e. The van der Waals surface area contributed by atoms with Gasteiger partial charge in [0.1, 0.15) is 0 Å². The smallest absolute Gasteiger partial charge is 0.0875 e. The van der Waals surface area contributed by atoms with E-state index >= 15 is 0 Å². The Balaban J connectivity index is 0.00000129. The van der Waals surface area contributed by atoms with E-state index in [4.69, 9.17) is 4.74 Å². The molecule has 176 valence electrons. The molecule has 2 fully saturated rings. The third-order valence-corrected chi connectivity index (χ3v) is 6.04. The Kier molecular flexibility index (Phi) is 12.4. The number of benzene rings is 1. The molecular formula is C27H52N2O. The molecule has 2 aliphatic heterocycles. The molecule has 0 saturated carbocycles. The number of hydrogen-bond donors (Lipinski definition) is 0. The van der Waals surface area contributed by atoms with Gasteiger partial charge in [0, 0.05) is 43.7 Å². The van der Waals surface area contributed by atoms with E-state index in [-0.39, 0.29) is 11.1 Å². The van der Waals surface area contributed by atoms with Gasteiger partial charge >= 0.3 is 0 Å². The average Bonchev–Trinajstić information content (AvgIpc) is 2.68. The molecule has 0 N–H and O–H groups in total. The molecule has 0 aromatic heterocycles. The molecule has 1 aromatic rings. The van der Waals surface area contributed by atoms with Crippen molar-refractivity contribution in [2.24, 2.45) is 5.41 Å². The second-order valence-corrected chi connectivity index (χ2v) is 9.32. The summed E-state index contributed by atoms with van der Waals surface area (Å²) >= 11 is 0. The molecule has 0 atom stereocenters. The molecule has 3 rings (SSSR count). The van der Waals surface area contributed by atoms with Crippen LogP contribution in [0, 0.1) is 12.3 Å². The van der Waals surface area contributed by atoms with Crippen LogP contribution in [0.15, 0.2) is 24.3 Å². The van der Waals surface area contributed by atoms with Gasteiger partial charge in [0.15, 0.2) is 0 Å². The van der Waals surface area contributed by atoms with E-state index in [0.29, 0.717) is 5.41 Å². The lowest BCUT2D eigenvalue weighted by Crippen LogP contribution is -2.74. The monoisotopic (exact) mass is 420 g/mol. The van der Waals surface area contributed by atoms with Gasteiger partial charge in [-0.3, -0.25) is 4.90 Å². The molecule has 2 heterocycles. The summed E-state index contributed by atoms with van der Waals surface area (Å²) in [6.45, 7) is 29.1. The molecule has 30 heavy (non-hydrogen) atoms. The number of ether oxygens (including phenoxy) is 1. The van der Waals surface area contributed by atoms with Gasteiger partial charge in [0.25, 0.3) is 0 Å². The number of hydrogen-bond acceptors (Lipinski definition) is 3. The fourth-order valence-electron chi connectivity index (χ4n) is 4.24. The van der Waals surface area contributed by atoms with Crippen molar-refractivity contribution in [1.29, 1.82) is 0 Å². The van der Waals surface area contributed by atoms with Crippen molar-refractivity contribution in [2.75, 3.05) is 39.8 Å². The summed E-state index contributed by atoms with van der Waals surface area (Å²) in [6.07, 6.45) is 1.08. The van der Waals surface area contributed by atoms with Crippen LogP contribution >= 0.6 is 0 Å². The maximum Gasteiger partial charge on any atom is 0.0875 e. The van der Waals surface area contributed by atoms with Gasteiger partial charge in [-0.2, -0.15) is 0 Å². The molecule has 0 amide bonds. The Bertz CT molecular complexity index is 563. The molecule has 3 heteroatoms. The first-order valence-corrected chi connectivity index (χ1v) is 12.3. The van der Waals surface area contributed by atoms with Crippen molar-refractivity contribution in [3.8, 4) is 0 Å². The first-order chi connectivity index (χ1) is 14.1. The van der Waals surface area contributed by atoms with Gasteiger partial charge in [-0.15, -0.1) is 0 Å². The SMILES string of the molecule is CC.CC.CC.Cc1ccc(C(C)(C)OCCC(C)(C)N2CC3(CN(C)C3)C2)cc1. The van der Waals surface area contributed by atoms with E-state index in [1.165, 1.54) is 37.3 Å². The Morgan fingerprint density at radius 2 is 1.30 bits per heavy atom. The first-order valence-electron chi connectivity index (χ1n) is 12.3. The van der Waals surface area contributed by atoms with Crippen molar-refractivity contribution in [1.82, 2.24) is 9.80 Å².